The van der Waals surface area contributed by atoms with E-state index in [1.54, 1.807) is 0 Å². The van der Waals surface area contributed by atoms with Gasteiger partial charge < -0.3 is 9.88 Å². The van der Waals surface area contributed by atoms with Gasteiger partial charge in [0.15, 0.2) is 0 Å². The highest BCUT2D eigenvalue weighted by Crippen LogP contribution is 2.22. The molecule has 0 amide bonds. The third kappa shape index (κ3) is 3.59. The number of rotatable bonds is 4. The maximum atomic E-state index is 3.40. The highest BCUT2D eigenvalue weighted by atomic mass is 32.2. The molecule has 2 aliphatic heterocycles. The molecule has 4 rings (SSSR count). The van der Waals surface area contributed by atoms with Crippen molar-refractivity contribution in [3.8, 4) is 0 Å². The third-order valence-electron chi connectivity index (χ3n) is 5.49. The van der Waals surface area contributed by atoms with Crippen LogP contribution in [0.15, 0.2) is 30.5 Å². The van der Waals surface area contributed by atoms with E-state index in [0.29, 0.717) is 0 Å². The summed E-state index contributed by atoms with van der Waals surface area (Å²) in [6.07, 6.45) is 6.08. The molecule has 2 aromatic rings. The van der Waals surface area contributed by atoms with Gasteiger partial charge in [0, 0.05) is 54.3 Å². The number of hydrogen-bond donors (Lipinski definition) is 1. The molecule has 1 aromatic carbocycles. The topological polar surface area (TPSA) is 22.3 Å². The molecule has 0 radical (unpaired) electrons. The van der Waals surface area contributed by atoms with Gasteiger partial charge in [-0.05, 0) is 44.0 Å². The number of H-pyrrole nitrogens is 1. The van der Waals surface area contributed by atoms with Crippen LogP contribution in [0.5, 0.6) is 0 Å². The lowest BCUT2D eigenvalue weighted by Crippen LogP contribution is -2.48. The van der Waals surface area contributed by atoms with E-state index in [2.05, 4.69) is 57.0 Å². The van der Waals surface area contributed by atoms with Crippen molar-refractivity contribution in [1.29, 1.82) is 0 Å². The second-order valence-electron chi connectivity index (χ2n) is 6.83. The molecular weight excluding hydrogens is 302 g/mol. The van der Waals surface area contributed by atoms with Crippen molar-refractivity contribution in [1.82, 2.24) is 14.8 Å². The van der Waals surface area contributed by atoms with Gasteiger partial charge >= 0.3 is 0 Å². The minimum Gasteiger partial charge on any atom is -0.361 e. The van der Waals surface area contributed by atoms with E-state index in [9.17, 15) is 0 Å². The van der Waals surface area contributed by atoms with Crippen molar-refractivity contribution in [3.63, 3.8) is 0 Å². The molecule has 0 atom stereocenters. The molecule has 2 saturated heterocycles. The minimum absolute atomic E-state index is 0.847. The first kappa shape index (κ1) is 15.6. The van der Waals surface area contributed by atoms with Crippen LogP contribution in [0.3, 0.4) is 0 Å². The maximum absolute atomic E-state index is 3.40. The molecule has 1 N–H and O–H groups in total. The summed E-state index contributed by atoms with van der Waals surface area (Å²) in [5.41, 5.74) is 2.74. The summed E-state index contributed by atoms with van der Waals surface area (Å²) in [5, 5.41) is 1.40. The monoisotopic (exact) mass is 329 g/mol. The standard InChI is InChI=1S/C19H27N3S/c1-2-4-19-18(3-1)16(15-20-19)5-8-21-9-6-17(7-10-21)22-11-13-23-14-12-22/h1-4,15,17,20H,5-14H2. The predicted octanol–water partition coefficient (Wildman–Crippen LogP) is 3.22. The Morgan fingerprint density at radius 2 is 1.83 bits per heavy atom. The van der Waals surface area contributed by atoms with Gasteiger partial charge in [-0.15, -0.1) is 0 Å². The molecule has 0 bridgehead atoms. The first-order valence-corrected chi connectivity index (χ1v) is 10.1. The van der Waals surface area contributed by atoms with E-state index in [1.807, 2.05) is 0 Å². The molecule has 3 nitrogen and oxygen atoms in total. The first-order chi connectivity index (χ1) is 11.4. The predicted molar refractivity (Wildman–Crippen MR) is 100 cm³/mol. The number of likely N-dealkylation sites (tertiary alicyclic amines) is 1. The van der Waals surface area contributed by atoms with Crippen molar-refractivity contribution < 1.29 is 0 Å². The zero-order chi connectivity index (χ0) is 15.5. The number of nitrogens with one attached hydrogen (secondary N) is 1. The first-order valence-electron chi connectivity index (χ1n) is 8.99. The van der Waals surface area contributed by atoms with Crippen molar-refractivity contribution in [2.45, 2.75) is 25.3 Å². The zero-order valence-corrected chi connectivity index (χ0v) is 14.7. The number of piperidine rings is 1. The summed E-state index contributed by atoms with van der Waals surface area (Å²) < 4.78 is 0. The van der Waals surface area contributed by atoms with Crippen molar-refractivity contribution >= 4 is 22.7 Å². The molecule has 124 valence electrons. The van der Waals surface area contributed by atoms with Gasteiger partial charge in [0.25, 0.3) is 0 Å². The lowest BCUT2D eigenvalue weighted by Gasteiger charge is -2.40. The number of hydrogen-bond acceptors (Lipinski definition) is 3. The largest absolute Gasteiger partial charge is 0.361 e. The van der Waals surface area contributed by atoms with Crippen molar-refractivity contribution in [2.24, 2.45) is 0 Å². The molecule has 2 aliphatic rings. The van der Waals surface area contributed by atoms with Crippen LogP contribution in [0.25, 0.3) is 10.9 Å². The normalized spacial score (nSPS) is 21.9. The van der Waals surface area contributed by atoms with Crippen LogP contribution in [0.2, 0.25) is 0 Å². The lowest BCUT2D eigenvalue weighted by molar-refractivity contribution is 0.117. The SMILES string of the molecule is c1ccc2c(CCN3CCC(N4CCSCC4)CC3)c[nH]c2c1. The van der Waals surface area contributed by atoms with E-state index in [0.717, 1.165) is 12.5 Å². The van der Waals surface area contributed by atoms with Crippen LogP contribution in [-0.4, -0.2) is 65.1 Å². The van der Waals surface area contributed by atoms with E-state index in [-0.39, 0.29) is 0 Å². The molecular formula is C19H27N3S. The van der Waals surface area contributed by atoms with Crippen LogP contribution >= 0.6 is 11.8 Å². The molecule has 2 fully saturated rings. The van der Waals surface area contributed by atoms with Gasteiger partial charge in [0.1, 0.15) is 0 Å². The Morgan fingerprint density at radius 3 is 2.65 bits per heavy atom. The van der Waals surface area contributed by atoms with Gasteiger partial charge in [-0.25, -0.2) is 0 Å². The quantitative estimate of drug-likeness (QED) is 0.931. The number of para-hydroxylation sites is 1. The molecule has 0 aliphatic carbocycles. The van der Waals surface area contributed by atoms with Crippen molar-refractivity contribution in [2.75, 3.05) is 44.2 Å². The summed E-state index contributed by atoms with van der Waals surface area (Å²) in [4.78, 5) is 8.81. The number of benzene rings is 1. The van der Waals surface area contributed by atoms with Gasteiger partial charge in [-0.3, -0.25) is 4.90 Å². The minimum atomic E-state index is 0.847. The van der Waals surface area contributed by atoms with Gasteiger partial charge in [-0.2, -0.15) is 11.8 Å². The van der Waals surface area contributed by atoms with Gasteiger partial charge in [-0.1, -0.05) is 18.2 Å². The smallest absolute Gasteiger partial charge is 0.0456 e. The Labute approximate surface area is 143 Å². The van der Waals surface area contributed by atoms with Crippen LogP contribution in [0, 0.1) is 0 Å². The summed E-state index contributed by atoms with van der Waals surface area (Å²) >= 11 is 2.12. The number of aromatic nitrogens is 1. The number of aromatic amines is 1. The van der Waals surface area contributed by atoms with Gasteiger partial charge in [0.2, 0.25) is 0 Å². The Kier molecular flexibility index (Phi) is 4.93. The van der Waals surface area contributed by atoms with E-state index < -0.39 is 0 Å². The number of fused-ring (bicyclic) bond motifs is 1. The maximum Gasteiger partial charge on any atom is 0.0456 e. The lowest BCUT2D eigenvalue weighted by atomic mass is 10.0. The summed E-state index contributed by atoms with van der Waals surface area (Å²) in [5.74, 6) is 2.67. The third-order valence-corrected chi connectivity index (χ3v) is 6.43. The summed E-state index contributed by atoms with van der Waals surface area (Å²) in [7, 11) is 0. The van der Waals surface area contributed by atoms with E-state index >= 15 is 0 Å². The van der Waals surface area contributed by atoms with Gasteiger partial charge in [0.05, 0.1) is 0 Å². The molecule has 23 heavy (non-hydrogen) atoms. The number of thioether (sulfide) groups is 1. The number of nitrogens with zero attached hydrogens (tertiary/aromatic N) is 2. The van der Waals surface area contributed by atoms with Crippen LogP contribution in [0.4, 0.5) is 0 Å². The van der Waals surface area contributed by atoms with E-state index in [4.69, 9.17) is 0 Å². The van der Waals surface area contributed by atoms with Crippen LogP contribution in [0.1, 0.15) is 18.4 Å². The molecule has 1 aromatic heterocycles. The van der Waals surface area contributed by atoms with Crippen LogP contribution in [-0.2, 0) is 6.42 Å². The fraction of sp³-hybridized carbons (Fsp3) is 0.579. The Hall–Kier alpha value is -0.970. The molecule has 3 heterocycles. The highest BCUT2D eigenvalue weighted by molar-refractivity contribution is 7.99. The zero-order valence-electron chi connectivity index (χ0n) is 13.8. The fourth-order valence-electron chi connectivity index (χ4n) is 4.07. The Bertz CT molecular complexity index is 624. The molecule has 4 heteroatoms. The average molecular weight is 330 g/mol. The second-order valence-corrected chi connectivity index (χ2v) is 8.06. The highest BCUT2D eigenvalue weighted by Gasteiger charge is 2.25. The molecule has 0 spiro atoms. The van der Waals surface area contributed by atoms with E-state index in [1.165, 1.54) is 73.5 Å². The van der Waals surface area contributed by atoms with Crippen LogP contribution < -0.4 is 0 Å². The average Bonchev–Trinajstić information content (AvgIpc) is 3.04. The van der Waals surface area contributed by atoms with Crippen molar-refractivity contribution in [3.05, 3.63) is 36.0 Å². The fourth-order valence-corrected chi connectivity index (χ4v) is 5.00. The Morgan fingerprint density at radius 1 is 1.04 bits per heavy atom. The second kappa shape index (κ2) is 7.29. The molecule has 0 unspecified atom stereocenters. The summed E-state index contributed by atoms with van der Waals surface area (Å²) in [6.45, 7) is 6.37. The Balaban J connectivity index is 1.28. The molecule has 0 saturated carbocycles. The summed E-state index contributed by atoms with van der Waals surface area (Å²) in [6, 6.07) is 9.50.